The first-order chi connectivity index (χ1) is 1.91. The second-order valence-corrected chi connectivity index (χ2v) is 1.04. The van der Waals surface area contributed by atoms with E-state index in [-0.39, 0.29) is 0 Å². The molecule has 4 heavy (non-hydrogen) atoms. The summed E-state index contributed by atoms with van der Waals surface area (Å²) >= 11 is 2.05. The normalized spacial score (nSPS) is 9.25. The Morgan fingerprint density at radius 1 is 1.75 bits per heavy atom. The van der Waals surface area contributed by atoms with Crippen LogP contribution in [-0.2, 0) is 0 Å². The number of hydrogen-bond acceptors (Lipinski definition) is 1. The SMILES string of the molecule is N/C=C\I. The topological polar surface area (TPSA) is 26.0 Å². The van der Waals surface area contributed by atoms with Gasteiger partial charge in [0.05, 0.1) is 0 Å². The predicted octanol–water partition coefficient (Wildman–Crippen LogP) is 0.851. The Kier molecular flexibility index (Phi) is 3.49. The van der Waals surface area contributed by atoms with E-state index in [1.165, 1.54) is 6.20 Å². The lowest BCUT2D eigenvalue weighted by Crippen LogP contribution is -1.69. The van der Waals surface area contributed by atoms with E-state index in [0.29, 0.717) is 0 Å². The molecule has 0 fully saturated rings. The fourth-order valence-corrected chi connectivity index (χ4v) is 0. The van der Waals surface area contributed by atoms with Gasteiger partial charge in [-0.2, -0.15) is 0 Å². The van der Waals surface area contributed by atoms with Gasteiger partial charge in [-0.15, -0.1) is 0 Å². The smallest absolute Gasteiger partial charge is 0.0000682 e. The largest absolute Gasteiger partial charge is 0.404 e. The van der Waals surface area contributed by atoms with Gasteiger partial charge in [0.2, 0.25) is 0 Å². The Balaban J connectivity index is 2.55. The first-order valence-electron chi connectivity index (χ1n) is 0.885. The third kappa shape index (κ3) is 2.27. The number of halogens is 1. The van der Waals surface area contributed by atoms with E-state index >= 15 is 0 Å². The third-order valence-electron chi connectivity index (χ3n) is 0.0727. The molecule has 0 heterocycles. The molecule has 0 bridgehead atoms. The molecule has 0 radical (unpaired) electrons. The second kappa shape index (κ2) is 3.27. The third-order valence-corrected chi connectivity index (χ3v) is 0.488. The number of hydrogen-bond donors (Lipinski definition) is 1. The van der Waals surface area contributed by atoms with E-state index in [4.69, 9.17) is 5.73 Å². The molecule has 0 aliphatic carbocycles. The van der Waals surface area contributed by atoms with Crippen molar-refractivity contribution in [1.29, 1.82) is 0 Å². The van der Waals surface area contributed by atoms with E-state index in [2.05, 4.69) is 0 Å². The van der Waals surface area contributed by atoms with Gasteiger partial charge in [0.15, 0.2) is 0 Å². The zero-order valence-corrected chi connectivity index (χ0v) is 4.27. The lowest BCUT2D eigenvalue weighted by molar-refractivity contribution is 1.64. The van der Waals surface area contributed by atoms with Crippen LogP contribution in [0.1, 0.15) is 0 Å². The maximum atomic E-state index is 4.84. The van der Waals surface area contributed by atoms with Gasteiger partial charge in [0, 0.05) is 0 Å². The maximum Gasteiger partial charge on any atom is -0.0000682 e. The summed E-state index contributed by atoms with van der Waals surface area (Å²) in [6.45, 7) is 0. The van der Waals surface area contributed by atoms with Crippen molar-refractivity contribution in [2.24, 2.45) is 5.73 Å². The van der Waals surface area contributed by atoms with Crippen LogP contribution in [0.3, 0.4) is 0 Å². The molecule has 0 saturated carbocycles. The molecule has 0 spiro atoms. The summed E-state index contributed by atoms with van der Waals surface area (Å²) in [7, 11) is 0. The molecular formula is C2H4IN. The average molecular weight is 169 g/mol. The Bertz CT molecular complexity index is 21.2. The van der Waals surface area contributed by atoms with Crippen LogP contribution in [0, 0.1) is 0 Å². The van der Waals surface area contributed by atoms with Gasteiger partial charge in [-0.1, -0.05) is 22.6 Å². The van der Waals surface area contributed by atoms with Crippen LogP contribution in [-0.4, -0.2) is 0 Å². The summed E-state index contributed by atoms with van der Waals surface area (Å²) in [5, 5.41) is 0. The molecule has 0 aromatic rings. The van der Waals surface area contributed by atoms with Crippen LogP contribution in [0.4, 0.5) is 0 Å². The summed E-state index contributed by atoms with van der Waals surface area (Å²) in [5.41, 5.74) is 4.84. The van der Waals surface area contributed by atoms with Gasteiger partial charge in [-0.05, 0) is 10.3 Å². The molecule has 0 rings (SSSR count). The highest BCUT2D eigenvalue weighted by molar-refractivity contribution is 14.1. The van der Waals surface area contributed by atoms with Crippen molar-refractivity contribution in [1.82, 2.24) is 0 Å². The minimum absolute atomic E-state index is 1.49. The second-order valence-electron chi connectivity index (χ2n) is 0.318. The van der Waals surface area contributed by atoms with Crippen molar-refractivity contribution in [2.75, 3.05) is 0 Å². The highest BCUT2D eigenvalue weighted by Crippen LogP contribution is 1.74. The molecule has 0 aliphatic heterocycles. The van der Waals surface area contributed by atoms with Gasteiger partial charge in [0.25, 0.3) is 0 Å². The Hall–Kier alpha value is 0.270. The quantitative estimate of drug-likeness (QED) is 0.534. The average Bonchev–Trinajstić information content (AvgIpc) is 1.37. The van der Waals surface area contributed by atoms with Crippen LogP contribution in [0.25, 0.3) is 0 Å². The van der Waals surface area contributed by atoms with Crippen molar-refractivity contribution >= 4 is 22.6 Å². The molecule has 2 heteroatoms. The van der Waals surface area contributed by atoms with Crippen LogP contribution >= 0.6 is 22.6 Å². The van der Waals surface area contributed by atoms with Crippen molar-refractivity contribution < 1.29 is 0 Å². The van der Waals surface area contributed by atoms with Gasteiger partial charge in [-0.25, -0.2) is 0 Å². The molecule has 0 aliphatic rings. The first-order valence-corrected chi connectivity index (χ1v) is 2.13. The van der Waals surface area contributed by atoms with E-state index in [0.717, 1.165) is 0 Å². The fraction of sp³-hybridized carbons (Fsp3) is 0. The molecule has 0 amide bonds. The predicted molar refractivity (Wildman–Crippen MR) is 27.3 cm³/mol. The van der Waals surface area contributed by atoms with Gasteiger partial charge in [0.1, 0.15) is 0 Å². The van der Waals surface area contributed by atoms with Crippen LogP contribution in [0.15, 0.2) is 10.3 Å². The lowest BCUT2D eigenvalue weighted by atomic mass is 11.1. The van der Waals surface area contributed by atoms with Crippen molar-refractivity contribution in [2.45, 2.75) is 0 Å². The molecule has 0 aromatic carbocycles. The van der Waals surface area contributed by atoms with Crippen LogP contribution in [0.5, 0.6) is 0 Å². The summed E-state index contributed by atoms with van der Waals surface area (Å²) in [6.07, 6.45) is 1.49. The minimum Gasteiger partial charge on any atom is -0.404 e. The van der Waals surface area contributed by atoms with E-state index in [9.17, 15) is 0 Å². The lowest BCUT2D eigenvalue weighted by Gasteiger charge is -1.51. The van der Waals surface area contributed by atoms with E-state index < -0.39 is 0 Å². The Morgan fingerprint density at radius 3 is 2.00 bits per heavy atom. The van der Waals surface area contributed by atoms with E-state index in [1.54, 1.807) is 4.08 Å². The molecule has 0 aromatic heterocycles. The summed E-state index contributed by atoms with van der Waals surface area (Å²) in [4.78, 5) is 0. The molecule has 0 atom stereocenters. The zero-order valence-electron chi connectivity index (χ0n) is 2.11. The van der Waals surface area contributed by atoms with Crippen molar-refractivity contribution in [3.8, 4) is 0 Å². The zero-order chi connectivity index (χ0) is 3.41. The molecule has 0 unspecified atom stereocenters. The molecule has 24 valence electrons. The van der Waals surface area contributed by atoms with Gasteiger partial charge < -0.3 is 5.73 Å². The first kappa shape index (κ1) is 4.27. The molecule has 1 nitrogen and oxygen atoms in total. The van der Waals surface area contributed by atoms with Crippen LogP contribution < -0.4 is 5.73 Å². The molecule has 0 saturated heterocycles. The van der Waals surface area contributed by atoms with E-state index in [1.807, 2.05) is 22.6 Å². The highest BCUT2D eigenvalue weighted by Gasteiger charge is 1.35. The van der Waals surface area contributed by atoms with Crippen molar-refractivity contribution in [3.63, 3.8) is 0 Å². The van der Waals surface area contributed by atoms with Gasteiger partial charge in [-0.3, -0.25) is 0 Å². The number of nitrogens with two attached hydrogens (primary N) is 1. The summed E-state index contributed by atoms with van der Waals surface area (Å²) < 4.78 is 1.75. The monoisotopic (exact) mass is 169 g/mol. The Labute approximate surface area is 39.0 Å². The Morgan fingerprint density at radius 2 is 2.00 bits per heavy atom. The summed E-state index contributed by atoms with van der Waals surface area (Å²) in [6, 6.07) is 0. The fourth-order valence-electron chi connectivity index (χ4n) is 0. The minimum atomic E-state index is 1.49. The molecule has 2 N–H and O–H groups in total. The van der Waals surface area contributed by atoms with Crippen LogP contribution in [0.2, 0.25) is 0 Å². The molecular weight excluding hydrogens is 165 g/mol. The van der Waals surface area contributed by atoms with Gasteiger partial charge >= 0.3 is 0 Å². The number of rotatable bonds is 0. The maximum absolute atomic E-state index is 4.84. The van der Waals surface area contributed by atoms with Crippen molar-refractivity contribution in [3.05, 3.63) is 10.3 Å². The summed E-state index contributed by atoms with van der Waals surface area (Å²) in [5.74, 6) is 0. The highest BCUT2D eigenvalue weighted by atomic mass is 127. The standard InChI is InChI=1S/C2H4IN/c3-1-2-4/h1-2H,4H2/b2-1-.